The molecule has 0 bridgehead atoms. The molecule has 0 saturated heterocycles. The first-order valence-electron chi connectivity index (χ1n) is 5.55. The lowest BCUT2D eigenvalue weighted by Crippen LogP contribution is -2.28. The molecule has 13 heavy (non-hydrogen) atoms. The molecular formula is C12H25N. The number of hydrogen-bond donors (Lipinski definition) is 1. The summed E-state index contributed by atoms with van der Waals surface area (Å²) in [4.78, 5) is 0. The maximum atomic E-state index is 3.71. The molecule has 0 aromatic heterocycles. The highest BCUT2D eigenvalue weighted by Crippen LogP contribution is 2.09. The summed E-state index contributed by atoms with van der Waals surface area (Å²) >= 11 is 0. The number of hydrogen-bond acceptors (Lipinski definition) is 1. The van der Waals surface area contributed by atoms with Crippen molar-refractivity contribution in [3.05, 3.63) is 12.7 Å². The molecule has 0 saturated carbocycles. The van der Waals surface area contributed by atoms with Crippen molar-refractivity contribution >= 4 is 0 Å². The summed E-state index contributed by atoms with van der Waals surface area (Å²) in [6.07, 6.45) is 6.92. The molecule has 1 N–H and O–H groups in total. The quantitative estimate of drug-likeness (QED) is 0.449. The van der Waals surface area contributed by atoms with Crippen molar-refractivity contribution in [2.45, 2.75) is 52.5 Å². The van der Waals surface area contributed by atoms with E-state index in [1.165, 1.54) is 19.3 Å². The Labute approximate surface area is 83.6 Å². The van der Waals surface area contributed by atoms with Crippen molar-refractivity contribution in [1.29, 1.82) is 0 Å². The first-order valence-corrected chi connectivity index (χ1v) is 5.55. The minimum absolute atomic E-state index is 0.666. The topological polar surface area (TPSA) is 12.0 Å². The average Bonchev–Trinajstić information content (AvgIpc) is 2.12. The van der Waals surface area contributed by atoms with Crippen molar-refractivity contribution in [1.82, 2.24) is 5.32 Å². The van der Waals surface area contributed by atoms with Gasteiger partial charge < -0.3 is 5.32 Å². The number of unbranched alkanes of at least 4 members (excludes halogenated alkanes) is 1. The van der Waals surface area contributed by atoms with Crippen LogP contribution in [0.5, 0.6) is 0 Å². The summed E-state index contributed by atoms with van der Waals surface area (Å²) in [7, 11) is 0. The van der Waals surface area contributed by atoms with Crippen LogP contribution in [-0.4, -0.2) is 12.6 Å². The molecule has 78 valence electrons. The molecule has 0 aromatic carbocycles. The van der Waals surface area contributed by atoms with Crippen LogP contribution in [0.1, 0.15) is 46.5 Å². The van der Waals surface area contributed by atoms with Crippen LogP contribution < -0.4 is 5.32 Å². The fraction of sp³-hybridized carbons (Fsp3) is 0.833. The highest BCUT2D eigenvalue weighted by atomic mass is 14.9. The molecule has 2 unspecified atom stereocenters. The third-order valence-corrected chi connectivity index (χ3v) is 2.53. The van der Waals surface area contributed by atoms with Crippen LogP contribution in [0.15, 0.2) is 12.7 Å². The van der Waals surface area contributed by atoms with Crippen molar-refractivity contribution in [3.63, 3.8) is 0 Å². The summed E-state index contributed by atoms with van der Waals surface area (Å²) in [5.74, 6) is 0.849. The molecule has 0 spiro atoms. The molecule has 0 radical (unpaired) electrons. The average molecular weight is 183 g/mol. The number of rotatable bonds is 8. The van der Waals surface area contributed by atoms with Gasteiger partial charge in [-0.2, -0.15) is 0 Å². The van der Waals surface area contributed by atoms with E-state index < -0.39 is 0 Å². The summed E-state index contributed by atoms with van der Waals surface area (Å²) in [5, 5.41) is 3.53. The van der Waals surface area contributed by atoms with E-state index in [2.05, 4.69) is 32.7 Å². The zero-order valence-electron chi connectivity index (χ0n) is 9.47. The fourth-order valence-electron chi connectivity index (χ4n) is 1.45. The normalized spacial score (nSPS) is 15.3. The van der Waals surface area contributed by atoms with Gasteiger partial charge in [0, 0.05) is 6.04 Å². The van der Waals surface area contributed by atoms with E-state index in [0.29, 0.717) is 6.04 Å². The Morgan fingerprint density at radius 2 is 2.08 bits per heavy atom. The summed E-state index contributed by atoms with van der Waals surface area (Å²) in [6, 6.07) is 0.666. The molecular weight excluding hydrogens is 158 g/mol. The minimum Gasteiger partial charge on any atom is -0.314 e. The first kappa shape index (κ1) is 12.7. The minimum atomic E-state index is 0.666. The Balaban J connectivity index is 3.29. The van der Waals surface area contributed by atoms with E-state index in [1.807, 2.05) is 6.08 Å². The van der Waals surface area contributed by atoms with Crippen molar-refractivity contribution in [3.8, 4) is 0 Å². The molecule has 0 aromatic rings. The molecule has 2 atom stereocenters. The number of nitrogens with one attached hydrogen (secondary N) is 1. The molecule has 0 aliphatic rings. The van der Waals surface area contributed by atoms with Crippen LogP contribution in [0.3, 0.4) is 0 Å². The Morgan fingerprint density at radius 3 is 2.62 bits per heavy atom. The third-order valence-electron chi connectivity index (χ3n) is 2.53. The summed E-state index contributed by atoms with van der Waals surface area (Å²) in [5.41, 5.74) is 0. The summed E-state index contributed by atoms with van der Waals surface area (Å²) in [6.45, 7) is 11.7. The van der Waals surface area contributed by atoms with Gasteiger partial charge in [0.15, 0.2) is 0 Å². The van der Waals surface area contributed by atoms with Gasteiger partial charge in [-0.1, -0.05) is 26.3 Å². The maximum Gasteiger partial charge on any atom is 0.00412 e. The molecule has 0 aliphatic heterocycles. The Bertz CT molecular complexity index is 120. The molecule has 1 nitrogen and oxygen atoms in total. The van der Waals surface area contributed by atoms with Crippen molar-refractivity contribution in [2.75, 3.05) is 6.54 Å². The third kappa shape index (κ3) is 8.04. The molecule has 1 heteroatoms. The van der Waals surface area contributed by atoms with Gasteiger partial charge in [0.2, 0.25) is 0 Å². The molecule has 0 rings (SSSR count). The van der Waals surface area contributed by atoms with Gasteiger partial charge in [-0.25, -0.2) is 0 Å². The van der Waals surface area contributed by atoms with Gasteiger partial charge >= 0.3 is 0 Å². The van der Waals surface area contributed by atoms with Crippen molar-refractivity contribution in [2.24, 2.45) is 5.92 Å². The Morgan fingerprint density at radius 1 is 1.38 bits per heavy atom. The summed E-state index contributed by atoms with van der Waals surface area (Å²) < 4.78 is 0. The van der Waals surface area contributed by atoms with Gasteiger partial charge in [-0.3, -0.25) is 0 Å². The molecule has 0 aliphatic carbocycles. The zero-order valence-corrected chi connectivity index (χ0v) is 9.47. The van der Waals surface area contributed by atoms with Gasteiger partial charge in [-0.05, 0) is 38.6 Å². The van der Waals surface area contributed by atoms with E-state index in [4.69, 9.17) is 0 Å². The van der Waals surface area contributed by atoms with Crippen LogP contribution in [0.2, 0.25) is 0 Å². The van der Waals surface area contributed by atoms with Gasteiger partial charge in [0.05, 0.1) is 0 Å². The first-order chi connectivity index (χ1) is 6.20. The smallest absolute Gasteiger partial charge is 0.00412 e. The lowest BCUT2D eigenvalue weighted by atomic mass is 10.0. The van der Waals surface area contributed by atoms with Crippen LogP contribution in [-0.2, 0) is 0 Å². The lowest BCUT2D eigenvalue weighted by molar-refractivity contribution is 0.411. The van der Waals surface area contributed by atoms with E-state index in [9.17, 15) is 0 Å². The molecule has 0 heterocycles. The van der Waals surface area contributed by atoms with Crippen LogP contribution >= 0.6 is 0 Å². The standard InChI is InChI=1S/C12H25N/c1-5-7-8-9-13-12(4)10-11(3)6-2/h5,11-13H,1,6-10H2,2-4H3. The van der Waals surface area contributed by atoms with E-state index in [1.54, 1.807) is 0 Å². The lowest BCUT2D eigenvalue weighted by Gasteiger charge is -2.17. The van der Waals surface area contributed by atoms with Crippen LogP contribution in [0.25, 0.3) is 0 Å². The van der Waals surface area contributed by atoms with E-state index >= 15 is 0 Å². The maximum absolute atomic E-state index is 3.71. The van der Waals surface area contributed by atoms with E-state index in [0.717, 1.165) is 18.9 Å². The second kappa shape index (κ2) is 8.31. The van der Waals surface area contributed by atoms with Crippen molar-refractivity contribution < 1.29 is 0 Å². The predicted molar refractivity (Wildman–Crippen MR) is 61.0 cm³/mol. The van der Waals surface area contributed by atoms with Gasteiger partial charge in [-0.15, -0.1) is 6.58 Å². The van der Waals surface area contributed by atoms with Crippen LogP contribution in [0, 0.1) is 5.92 Å². The Hall–Kier alpha value is -0.300. The second-order valence-corrected chi connectivity index (χ2v) is 4.04. The SMILES string of the molecule is C=CCCCNC(C)CC(C)CC. The monoisotopic (exact) mass is 183 g/mol. The predicted octanol–water partition coefficient (Wildman–Crippen LogP) is 3.37. The highest BCUT2D eigenvalue weighted by molar-refractivity contribution is 4.69. The zero-order chi connectivity index (χ0) is 10.1. The van der Waals surface area contributed by atoms with E-state index in [-0.39, 0.29) is 0 Å². The van der Waals surface area contributed by atoms with Gasteiger partial charge in [0.25, 0.3) is 0 Å². The van der Waals surface area contributed by atoms with Crippen LogP contribution in [0.4, 0.5) is 0 Å². The second-order valence-electron chi connectivity index (χ2n) is 4.04. The fourth-order valence-corrected chi connectivity index (χ4v) is 1.45. The molecule has 0 amide bonds. The van der Waals surface area contributed by atoms with Gasteiger partial charge in [0.1, 0.15) is 0 Å². The largest absolute Gasteiger partial charge is 0.314 e. The molecule has 0 fully saturated rings. The highest BCUT2D eigenvalue weighted by Gasteiger charge is 2.05. The Kier molecular flexibility index (Phi) is 8.11. The number of allylic oxidation sites excluding steroid dienone is 1.